The van der Waals surface area contributed by atoms with E-state index in [1.54, 1.807) is 6.08 Å². The van der Waals surface area contributed by atoms with Crippen molar-refractivity contribution in [1.82, 2.24) is 5.32 Å². The van der Waals surface area contributed by atoms with Crippen molar-refractivity contribution in [2.24, 2.45) is 0 Å². The van der Waals surface area contributed by atoms with Gasteiger partial charge >= 0.3 is 0 Å². The Morgan fingerprint density at radius 2 is 2.50 bits per heavy atom. The Balaban J connectivity index is 3.77. The lowest BCUT2D eigenvalue weighted by Gasteiger charge is -2.12. The Hall–Kier alpha value is -1.23. The number of nitrogens with one attached hydrogen (secondary N) is 1. The fraction of sp³-hybridized carbons (Fsp3) is 0.500. The molecule has 0 saturated heterocycles. The van der Waals surface area contributed by atoms with Crippen LogP contribution in [0.4, 0.5) is 0 Å². The molecule has 0 fully saturated rings. The van der Waals surface area contributed by atoms with Crippen molar-refractivity contribution in [2.45, 2.75) is 32.2 Å². The molecular formula is C10H15NO. The molecule has 0 radical (unpaired) electrons. The van der Waals surface area contributed by atoms with E-state index < -0.39 is 0 Å². The second kappa shape index (κ2) is 6.48. The summed E-state index contributed by atoms with van der Waals surface area (Å²) in [6.07, 6.45) is 8.54. The van der Waals surface area contributed by atoms with Crippen molar-refractivity contribution >= 4 is 5.91 Å². The number of amides is 1. The van der Waals surface area contributed by atoms with E-state index in [9.17, 15) is 4.79 Å². The summed E-state index contributed by atoms with van der Waals surface area (Å²) >= 11 is 0. The fourth-order valence-corrected chi connectivity index (χ4v) is 0.857. The van der Waals surface area contributed by atoms with Crippen LogP contribution in [-0.4, -0.2) is 11.9 Å². The van der Waals surface area contributed by atoms with Crippen LogP contribution in [0.15, 0.2) is 12.7 Å². The first-order chi connectivity index (χ1) is 5.74. The maximum absolute atomic E-state index is 11.0. The first-order valence-corrected chi connectivity index (χ1v) is 4.08. The highest BCUT2D eigenvalue weighted by Crippen LogP contribution is 1.96. The first kappa shape index (κ1) is 10.8. The molecule has 0 aromatic heterocycles. The maximum Gasteiger partial charge on any atom is 0.224 e. The summed E-state index contributed by atoms with van der Waals surface area (Å²) in [6, 6.07) is 0.113. The second-order valence-corrected chi connectivity index (χ2v) is 2.57. The molecule has 0 spiro atoms. The van der Waals surface area contributed by atoms with E-state index in [-0.39, 0.29) is 11.9 Å². The van der Waals surface area contributed by atoms with Crippen molar-refractivity contribution in [3.05, 3.63) is 12.7 Å². The van der Waals surface area contributed by atoms with Crippen molar-refractivity contribution in [3.63, 3.8) is 0 Å². The van der Waals surface area contributed by atoms with E-state index >= 15 is 0 Å². The van der Waals surface area contributed by atoms with Crippen molar-refractivity contribution < 1.29 is 4.79 Å². The first-order valence-electron chi connectivity index (χ1n) is 4.08. The van der Waals surface area contributed by atoms with Gasteiger partial charge in [0.1, 0.15) is 0 Å². The topological polar surface area (TPSA) is 29.1 Å². The average Bonchev–Trinajstić information content (AvgIpc) is 2.04. The standard InChI is InChI=1S/C10H15NO/c1-4-7-9(6-3)11-10(12)8-5-2/h1,5,9H,2,6-8H2,3H3,(H,11,12). The summed E-state index contributed by atoms with van der Waals surface area (Å²) < 4.78 is 0. The van der Waals surface area contributed by atoms with Crippen LogP contribution < -0.4 is 5.32 Å². The van der Waals surface area contributed by atoms with Crippen LogP contribution in [0, 0.1) is 12.3 Å². The molecule has 1 N–H and O–H groups in total. The second-order valence-electron chi connectivity index (χ2n) is 2.57. The van der Waals surface area contributed by atoms with Gasteiger partial charge in [-0.15, -0.1) is 18.9 Å². The van der Waals surface area contributed by atoms with Crippen LogP contribution in [0.2, 0.25) is 0 Å². The summed E-state index contributed by atoms with van der Waals surface area (Å²) in [6.45, 7) is 5.47. The van der Waals surface area contributed by atoms with Gasteiger partial charge < -0.3 is 5.32 Å². The third kappa shape index (κ3) is 4.56. The van der Waals surface area contributed by atoms with Crippen molar-refractivity contribution in [2.75, 3.05) is 0 Å². The summed E-state index contributed by atoms with van der Waals surface area (Å²) in [5.41, 5.74) is 0. The molecule has 0 aromatic carbocycles. The van der Waals surface area contributed by atoms with Gasteiger partial charge in [-0.1, -0.05) is 13.0 Å². The smallest absolute Gasteiger partial charge is 0.224 e. The van der Waals surface area contributed by atoms with Gasteiger partial charge in [0.2, 0.25) is 5.91 Å². The van der Waals surface area contributed by atoms with Crippen LogP contribution in [0.1, 0.15) is 26.2 Å². The van der Waals surface area contributed by atoms with E-state index in [2.05, 4.69) is 17.8 Å². The molecule has 0 saturated carbocycles. The van der Waals surface area contributed by atoms with Gasteiger partial charge in [-0.3, -0.25) is 4.79 Å². The molecule has 0 aliphatic carbocycles. The Labute approximate surface area is 74.0 Å². The Morgan fingerprint density at radius 3 is 2.92 bits per heavy atom. The minimum Gasteiger partial charge on any atom is -0.352 e. The lowest BCUT2D eigenvalue weighted by Crippen LogP contribution is -2.33. The van der Waals surface area contributed by atoms with Crippen LogP contribution in [0.3, 0.4) is 0 Å². The summed E-state index contributed by atoms with van der Waals surface area (Å²) in [4.78, 5) is 11.0. The summed E-state index contributed by atoms with van der Waals surface area (Å²) in [5.74, 6) is 2.52. The normalized spacial score (nSPS) is 11.3. The number of rotatable bonds is 5. The quantitative estimate of drug-likeness (QED) is 0.485. The molecule has 66 valence electrons. The van der Waals surface area contributed by atoms with Crippen LogP contribution in [0.25, 0.3) is 0 Å². The predicted molar refractivity (Wildman–Crippen MR) is 50.5 cm³/mol. The van der Waals surface area contributed by atoms with E-state index in [0.717, 1.165) is 6.42 Å². The highest BCUT2D eigenvalue weighted by molar-refractivity contribution is 5.77. The molecule has 0 rings (SSSR count). The van der Waals surface area contributed by atoms with Gasteiger partial charge in [-0.25, -0.2) is 0 Å². The Bertz CT molecular complexity index is 191. The summed E-state index contributed by atoms with van der Waals surface area (Å²) in [5, 5.41) is 2.82. The average molecular weight is 165 g/mol. The predicted octanol–water partition coefficient (Wildman–Crippen LogP) is 1.48. The largest absolute Gasteiger partial charge is 0.352 e. The van der Waals surface area contributed by atoms with Crippen LogP contribution in [0.5, 0.6) is 0 Å². The molecule has 0 aliphatic rings. The van der Waals surface area contributed by atoms with E-state index in [1.165, 1.54) is 0 Å². The third-order valence-electron chi connectivity index (χ3n) is 1.55. The number of carbonyl (C=O) groups is 1. The molecule has 0 aliphatic heterocycles. The van der Waals surface area contributed by atoms with Gasteiger partial charge in [0.25, 0.3) is 0 Å². The SMILES string of the molecule is C#CCC(CC)NC(=O)CC=C. The molecule has 12 heavy (non-hydrogen) atoms. The highest BCUT2D eigenvalue weighted by Gasteiger charge is 2.06. The van der Waals surface area contributed by atoms with Crippen LogP contribution >= 0.6 is 0 Å². The zero-order chi connectivity index (χ0) is 9.40. The molecule has 1 atom stereocenters. The van der Waals surface area contributed by atoms with Gasteiger partial charge in [-0.2, -0.15) is 0 Å². The lowest BCUT2D eigenvalue weighted by atomic mass is 10.1. The monoisotopic (exact) mass is 165 g/mol. The van der Waals surface area contributed by atoms with Gasteiger partial charge in [0.05, 0.1) is 0 Å². The Kier molecular flexibility index (Phi) is 5.81. The highest BCUT2D eigenvalue weighted by atomic mass is 16.1. The fourth-order valence-electron chi connectivity index (χ4n) is 0.857. The van der Waals surface area contributed by atoms with Gasteiger partial charge in [0.15, 0.2) is 0 Å². The van der Waals surface area contributed by atoms with Crippen molar-refractivity contribution in [1.29, 1.82) is 0 Å². The molecule has 1 unspecified atom stereocenters. The molecule has 0 aromatic rings. The third-order valence-corrected chi connectivity index (χ3v) is 1.55. The number of carbonyl (C=O) groups excluding carboxylic acids is 1. The number of hydrogen-bond donors (Lipinski definition) is 1. The number of terminal acetylenes is 1. The number of hydrogen-bond acceptors (Lipinski definition) is 1. The molecule has 1 amide bonds. The van der Waals surface area contributed by atoms with E-state index in [4.69, 9.17) is 6.42 Å². The van der Waals surface area contributed by atoms with E-state index in [1.807, 2.05) is 6.92 Å². The van der Waals surface area contributed by atoms with Crippen LogP contribution in [-0.2, 0) is 4.79 Å². The zero-order valence-electron chi connectivity index (χ0n) is 7.47. The lowest BCUT2D eigenvalue weighted by molar-refractivity contribution is -0.120. The van der Waals surface area contributed by atoms with E-state index in [0.29, 0.717) is 12.8 Å². The molecule has 0 heterocycles. The molecule has 2 heteroatoms. The molecule has 0 bridgehead atoms. The zero-order valence-corrected chi connectivity index (χ0v) is 7.47. The minimum absolute atomic E-state index is 0.00731. The molecular weight excluding hydrogens is 150 g/mol. The summed E-state index contributed by atoms with van der Waals surface area (Å²) in [7, 11) is 0. The van der Waals surface area contributed by atoms with Gasteiger partial charge in [-0.05, 0) is 6.42 Å². The Morgan fingerprint density at radius 1 is 1.83 bits per heavy atom. The minimum atomic E-state index is -0.00731. The molecule has 2 nitrogen and oxygen atoms in total. The van der Waals surface area contributed by atoms with Crippen molar-refractivity contribution in [3.8, 4) is 12.3 Å². The van der Waals surface area contributed by atoms with Gasteiger partial charge in [0, 0.05) is 18.9 Å². The maximum atomic E-state index is 11.0.